The number of hydrogen-bond acceptors (Lipinski definition) is 6. The van der Waals surface area contributed by atoms with Crippen LogP contribution < -0.4 is 10.6 Å². The van der Waals surface area contributed by atoms with E-state index in [1.165, 1.54) is 6.42 Å². The van der Waals surface area contributed by atoms with E-state index in [9.17, 15) is 18.0 Å². The molecule has 13 heteroatoms. The first-order chi connectivity index (χ1) is 16.5. The number of halogens is 3. The van der Waals surface area contributed by atoms with Gasteiger partial charge in [0, 0.05) is 24.2 Å². The number of nitrogens with one attached hydrogen (secondary N) is 2. The highest BCUT2D eigenvalue weighted by Crippen LogP contribution is 2.23. The van der Waals surface area contributed by atoms with Crippen LogP contribution in [0.4, 0.5) is 19.0 Å². The van der Waals surface area contributed by atoms with Crippen molar-refractivity contribution in [1.29, 1.82) is 0 Å². The second-order valence-corrected chi connectivity index (χ2v) is 8.05. The standard InChI is InChI=1S/C20H21N7O.C2HF3O2/c1-12-14-6-5-13(8-17(14)26(2)25-12)20(28)24-18-11-27-10-16(15-4-3-7-21-15)23-19(27)9-22-18;3-2(4,5)1(6)7/h5-6,8-11,15,21H,3-4,7H2,1-2H3,(H,24,28);(H,6,7). The number of benzene rings is 1. The fourth-order valence-electron chi connectivity index (χ4n) is 3.86. The zero-order valence-electron chi connectivity index (χ0n) is 18.8. The molecule has 1 unspecified atom stereocenters. The summed E-state index contributed by atoms with van der Waals surface area (Å²) in [7, 11) is 1.88. The van der Waals surface area contributed by atoms with E-state index < -0.39 is 12.1 Å². The van der Waals surface area contributed by atoms with Crippen LogP contribution in [0.5, 0.6) is 0 Å². The quantitative estimate of drug-likeness (QED) is 0.403. The maximum Gasteiger partial charge on any atom is 0.490 e. The average molecular weight is 489 g/mol. The molecule has 10 nitrogen and oxygen atoms in total. The van der Waals surface area contributed by atoms with E-state index in [-0.39, 0.29) is 5.91 Å². The molecule has 35 heavy (non-hydrogen) atoms. The number of imidazole rings is 1. The van der Waals surface area contributed by atoms with Gasteiger partial charge in [0.2, 0.25) is 0 Å². The normalized spacial score (nSPS) is 15.7. The van der Waals surface area contributed by atoms with E-state index in [1.807, 2.05) is 42.8 Å². The van der Waals surface area contributed by atoms with Crippen molar-refractivity contribution in [2.24, 2.45) is 7.05 Å². The maximum absolute atomic E-state index is 12.7. The van der Waals surface area contributed by atoms with E-state index >= 15 is 0 Å². The molecule has 0 aliphatic carbocycles. The summed E-state index contributed by atoms with van der Waals surface area (Å²) in [4.78, 5) is 30.6. The summed E-state index contributed by atoms with van der Waals surface area (Å²) in [6, 6.07) is 5.89. The lowest BCUT2D eigenvalue weighted by Gasteiger charge is -2.05. The van der Waals surface area contributed by atoms with Crippen LogP contribution in [0.25, 0.3) is 16.6 Å². The Hall–Kier alpha value is -4.00. The molecule has 184 valence electrons. The molecule has 1 amide bonds. The molecule has 0 spiro atoms. The fourth-order valence-corrected chi connectivity index (χ4v) is 3.86. The summed E-state index contributed by atoms with van der Waals surface area (Å²) >= 11 is 0. The fraction of sp³-hybridized carbons (Fsp3) is 0.318. The van der Waals surface area contributed by atoms with Gasteiger partial charge in [0.05, 0.1) is 35.3 Å². The van der Waals surface area contributed by atoms with Gasteiger partial charge < -0.3 is 20.1 Å². The number of amides is 1. The Bertz CT molecular complexity index is 1400. The molecule has 1 aliphatic heterocycles. The Morgan fingerprint density at radius 2 is 2.00 bits per heavy atom. The van der Waals surface area contributed by atoms with Crippen molar-refractivity contribution in [3.63, 3.8) is 0 Å². The van der Waals surface area contributed by atoms with Crippen LogP contribution >= 0.6 is 0 Å². The zero-order chi connectivity index (χ0) is 25.3. The van der Waals surface area contributed by atoms with Crippen LogP contribution in [0.3, 0.4) is 0 Å². The molecule has 3 N–H and O–H groups in total. The lowest BCUT2D eigenvalue weighted by Crippen LogP contribution is -2.21. The zero-order valence-corrected chi connectivity index (χ0v) is 18.8. The van der Waals surface area contributed by atoms with Crippen molar-refractivity contribution in [2.75, 3.05) is 11.9 Å². The molecule has 0 radical (unpaired) electrons. The van der Waals surface area contributed by atoms with Crippen molar-refractivity contribution in [1.82, 2.24) is 29.5 Å². The third-order valence-electron chi connectivity index (χ3n) is 5.56. The number of rotatable bonds is 3. The number of carbonyl (C=O) groups is 2. The van der Waals surface area contributed by atoms with Crippen molar-refractivity contribution < 1.29 is 27.9 Å². The molecule has 1 aliphatic rings. The van der Waals surface area contributed by atoms with Crippen LogP contribution in [0, 0.1) is 6.92 Å². The maximum atomic E-state index is 12.7. The molecule has 4 heterocycles. The van der Waals surface area contributed by atoms with E-state index in [0.717, 1.165) is 40.9 Å². The molecule has 5 rings (SSSR count). The molecular formula is C22H22F3N7O3. The first-order valence-corrected chi connectivity index (χ1v) is 10.7. The highest BCUT2D eigenvalue weighted by Gasteiger charge is 2.38. The third kappa shape index (κ3) is 5.24. The second kappa shape index (κ2) is 9.33. The molecule has 1 saturated heterocycles. The number of carboxylic acid groups (broad SMARTS) is 1. The summed E-state index contributed by atoms with van der Waals surface area (Å²) in [5.41, 5.74) is 4.23. The minimum absolute atomic E-state index is 0.203. The summed E-state index contributed by atoms with van der Waals surface area (Å²) in [5.74, 6) is -2.47. The van der Waals surface area contributed by atoms with Crippen LogP contribution in [-0.2, 0) is 11.8 Å². The van der Waals surface area contributed by atoms with E-state index in [2.05, 4.69) is 25.7 Å². The summed E-state index contributed by atoms with van der Waals surface area (Å²) in [6.45, 7) is 2.99. The molecule has 0 bridgehead atoms. The molecule has 1 aromatic carbocycles. The Morgan fingerprint density at radius 1 is 1.26 bits per heavy atom. The second-order valence-electron chi connectivity index (χ2n) is 8.05. The van der Waals surface area contributed by atoms with Crippen molar-refractivity contribution in [2.45, 2.75) is 32.0 Å². The molecule has 3 aromatic heterocycles. The number of alkyl halides is 3. The highest BCUT2D eigenvalue weighted by atomic mass is 19.4. The minimum Gasteiger partial charge on any atom is -0.475 e. The number of carbonyl (C=O) groups excluding carboxylic acids is 1. The molecule has 1 atom stereocenters. The highest BCUT2D eigenvalue weighted by molar-refractivity contribution is 6.05. The predicted molar refractivity (Wildman–Crippen MR) is 120 cm³/mol. The SMILES string of the molecule is Cc1nn(C)c2cc(C(=O)Nc3cn4cc(C5CCCN5)nc4cn3)ccc12.O=C(O)C(F)(F)F. The number of aliphatic carboxylic acids is 1. The monoisotopic (exact) mass is 489 g/mol. The number of anilines is 1. The van der Waals surface area contributed by atoms with Gasteiger partial charge in [0.25, 0.3) is 5.91 Å². The minimum atomic E-state index is -5.08. The predicted octanol–water partition coefficient (Wildman–Crippen LogP) is 3.23. The van der Waals surface area contributed by atoms with Crippen LogP contribution in [-0.4, -0.2) is 53.9 Å². The first kappa shape index (κ1) is 24.1. The summed E-state index contributed by atoms with van der Waals surface area (Å²) < 4.78 is 35.4. The number of aromatic nitrogens is 5. The van der Waals surface area contributed by atoms with Gasteiger partial charge in [-0.15, -0.1) is 0 Å². The van der Waals surface area contributed by atoms with Crippen LogP contribution in [0.15, 0.2) is 36.8 Å². The Kier molecular flexibility index (Phi) is 6.43. The topological polar surface area (TPSA) is 126 Å². The summed E-state index contributed by atoms with van der Waals surface area (Å²) in [6.07, 6.45) is 2.66. The number of hydrogen-bond donors (Lipinski definition) is 3. The Balaban J connectivity index is 0.000000364. The Labute approximate surface area is 196 Å². The third-order valence-corrected chi connectivity index (χ3v) is 5.56. The van der Waals surface area contributed by atoms with Gasteiger partial charge in [0.15, 0.2) is 5.65 Å². The number of aryl methyl sites for hydroxylation is 2. The largest absolute Gasteiger partial charge is 0.490 e. The Morgan fingerprint density at radius 3 is 2.66 bits per heavy atom. The lowest BCUT2D eigenvalue weighted by molar-refractivity contribution is -0.192. The van der Waals surface area contributed by atoms with Gasteiger partial charge in [0.1, 0.15) is 5.82 Å². The van der Waals surface area contributed by atoms with Crippen molar-refractivity contribution in [3.8, 4) is 0 Å². The number of nitrogens with zero attached hydrogens (tertiary/aromatic N) is 5. The van der Waals surface area contributed by atoms with Crippen LogP contribution in [0.1, 0.15) is 40.6 Å². The summed E-state index contributed by atoms with van der Waals surface area (Å²) in [5, 5.41) is 18.9. The van der Waals surface area contributed by atoms with E-state index in [0.29, 0.717) is 17.4 Å². The molecule has 1 fully saturated rings. The van der Waals surface area contributed by atoms with Gasteiger partial charge in [-0.1, -0.05) is 6.07 Å². The van der Waals surface area contributed by atoms with Gasteiger partial charge >= 0.3 is 12.1 Å². The number of carboxylic acids is 1. The van der Waals surface area contributed by atoms with Gasteiger partial charge in [-0.2, -0.15) is 18.3 Å². The van der Waals surface area contributed by atoms with Crippen molar-refractivity contribution in [3.05, 3.63) is 53.7 Å². The molecule has 0 saturated carbocycles. The smallest absolute Gasteiger partial charge is 0.475 e. The van der Waals surface area contributed by atoms with Gasteiger partial charge in [-0.3, -0.25) is 9.48 Å². The molecule has 4 aromatic rings. The van der Waals surface area contributed by atoms with Gasteiger partial charge in [-0.25, -0.2) is 14.8 Å². The van der Waals surface area contributed by atoms with Crippen LogP contribution in [0.2, 0.25) is 0 Å². The number of fused-ring (bicyclic) bond motifs is 2. The van der Waals surface area contributed by atoms with E-state index in [4.69, 9.17) is 9.90 Å². The van der Waals surface area contributed by atoms with E-state index in [1.54, 1.807) is 17.1 Å². The first-order valence-electron chi connectivity index (χ1n) is 10.7. The average Bonchev–Trinajstić information content (AvgIpc) is 3.53. The van der Waals surface area contributed by atoms with Crippen molar-refractivity contribution >= 4 is 34.2 Å². The molecular weight excluding hydrogens is 467 g/mol. The lowest BCUT2D eigenvalue weighted by atomic mass is 10.1. The van der Waals surface area contributed by atoms with Gasteiger partial charge in [-0.05, 0) is 38.4 Å².